The molecular weight excluding hydrogens is 515 g/mol. The molecule has 3 rings (SSSR count). The fourth-order valence-electron chi connectivity index (χ4n) is 3.48. The molecule has 0 aromatic heterocycles. The van der Waals surface area contributed by atoms with Crippen molar-refractivity contribution in [3.05, 3.63) is 53.1 Å². The fraction of sp³-hybridized carbons (Fsp3) is 0.409. The third-order valence-electron chi connectivity index (χ3n) is 4.91. The summed E-state index contributed by atoms with van der Waals surface area (Å²) in [6.07, 6.45) is 1.07. The first kappa shape index (κ1) is 24.4. The molecule has 0 radical (unpaired) electrons. The minimum atomic E-state index is 0. The van der Waals surface area contributed by atoms with Gasteiger partial charge in [-0.2, -0.15) is 0 Å². The van der Waals surface area contributed by atoms with Crippen LogP contribution >= 0.6 is 35.6 Å². The largest absolute Gasteiger partial charge is 0.493 e. The molecule has 2 aromatic carbocycles. The Balaban J connectivity index is 0.00000320. The van der Waals surface area contributed by atoms with Gasteiger partial charge in [-0.3, -0.25) is 4.99 Å². The lowest BCUT2D eigenvalue weighted by Crippen LogP contribution is -2.44. The Kier molecular flexibility index (Phi) is 9.84. The third kappa shape index (κ3) is 6.31. The van der Waals surface area contributed by atoms with Crippen LogP contribution < -0.4 is 25.0 Å². The van der Waals surface area contributed by atoms with E-state index in [0.29, 0.717) is 35.7 Å². The number of aliphatic imine (C=N–C) groups is 1. The molecule has 0 amide bonds. The number of anilines is 1. The molecule has 164 valence electrons. The third-order valence-corrected chi connectivity index (χ3v) is 5.19. The Morgan fingerprint density at radius 3 is 2.70 bits per heavy atom. The molecule has 1 heterocycles. The van der Waals surface area contributed by atoms with Crippen LogP contribution in [-0.2, 0) is 6.54 Å². The quantitative estimate of drug-likeness (QED) is 0.309. The maximum absolute atomic E-state index is 6.37. The first-order chi connectivity index (χ1) is 14.1. The number of ether oxygens (including phenoxy) is 2. The van der Waals surface area contributed by atoms with Crippen molar-refractivity contribution in [1.29, 1.82) is 0 Å². The van der Waals surface area contributed by atoms with E-state index < -0.39 is 0 Å². The van der Waals surface area contributed by atoms with Crippen molar-refractivity contribution in [2.75, 3.05) is 38.8 Å². The van der Waals surface area contributed by atoms with Crippen molar-refractivity contribution in [3.8, 4) is 11.5 Å². The molecule has 1 aliphatic rings. The summed E-state index contributed by atoms with van der Waals surface area (Å²) in [6.45, 7) is 5.02. The van der Waals surface area contributed by atoms with Crippen LogP contribution in [0, 0.1) is 0 Å². The second-order valence-corrected chi connectivity index (χ2v) is 7.29. The van der Waals surface area contributed by atoms with E-state index in [-0.39, 0.29) is 24.0 Å². The van der Waals surface area contributed by atoms with Crippen LogP contribution in [0.15, 0.2) is 47.5 Å². The summed E-state index contributed by atoms with van der Waals surface area (Å²) < 4.78 is 11.0. The molecular formula is C22H30ClIN4O2. The van der Waals surface area contributed by atoms with Gasteiger partial charge in [0.1, 0.15) is 0 Å². The zero-order valence-electron chi connectivity index (χ0n) is 17.7. The lowest BCUT2D eigenvalue weighted by molar-refractivity contribution is 0.311. The molecule has 1 saturated heterocycles. The molecule has 2 aromatic rings. The summed E-state index contributed by atoms with van der Waals surface area (Å²) in [7, 11) is 3.40. The molecule has 1 fully saturated rings. The van der Waals surface area contributed by atoms with E-state index in [1.54, 1.807) is 14.2 Å². The summed E-state index contributed by atoms with van der Waals surface area (Å²) in [4.78, 5) is 6.75. The number of nitrogens with zero attached hydrogens (tertiary/aromatic N) is 2. The maximum atomic E-state index is 6.37. The summed E-state index contributed by atoms with van der Waals surface area (Å²) in [5.74, 6) is 1.98. The predicted octanol–water partition coefficient (Wildman–Crippen LogP) is 4.31. The number of methoxy groups -OCH3 is 1. The van der Waals surface area contributed by atoms with Gasteiger partial charge in [0.2, 0.25) is 0 Å². The summed E-state index contributed by atoms with van der Waals surface area (Å²) >= 11 is 6.37. The number of hydrogen-bond donors (Lipinski definition) is 2. The van der Waals surface area contributed by atoms with E-state index >= 15 is 0 Å². The molecule has 0 bridgehead atoms. The topological polar surface area (TPSA) is 58.1 Å². The highest BCUT2D eigenvalue weighted by molar-refractivity contribution is 14.0. The normalized spacial score (nSPS) is 16.1. The molecule has 0 saturated carbocycles. The van der Waals surface area contributed by atoms with Crippen LogP contribution in [-0.4, -0.2) is 45.9 Å². The second kappa shape index (κ2) is 12.1. The van der Waals surface area contributed by atoms with Gasteiger partial charge in [0, 0.05) is 38.4 Å². The molecule has 2 N–H and O–H groups in total. The number of nitrogens with one attached hydrogen (secondary N) is 2. The Morgan fingerprint density at radius 1 is 1.27 bits per heavy atom. The number of benzene rings is 2. The molecule has 1 unspecified atom stereocenters. The molecule has 30 heavy (non-hydrogen) atoms. The van der Waals surface area contributed by atoms with E-state index in [1.807, 2.05) is 25.1 Å². The number of hydrogen-bond acceptors (Lipinski definition) is 4. The van der Waals surface area contributed by atoms with Crippen LogP contribution in [0.3, 0.4) is 0 Å². The van der Waals surface area contributed by atoms with Crippen molar-refractivity contribution in [2.24, 2.45) is 4.99 Å². The Labute approximate surface area is 201 Å². The zero-order valence-corrected chi connectivity index (χ0v) is 20.7. The van der Waals surface area contributed by atoms with Gasteiger partial charge >= 0.3 is 0 Å². The molecule has 1 atom stereocenters. The van der Waals surface area contributed by atoms with Gasteiger partial charge in [-0.1, -0.05) is 29.8 Å². The van der Waals surface area contributed by atoms with E-state index in [9.17, 15) is 0 Å². The minimum Gasteiger partial charge on any atom is -0.493 e. The van der Waals surface area contributed by atoms with Gasteiger partial charge in [-0.25, -0.2) is 0 Å². The van der Waals surface area contributed by atoms with Gasteiger partial charge < -0.3 is 25.0 Å². The van der Waals surface area contributed by atoms with Crippen LogP contribution in [0.25, 0.3) is 0 Å². The molecule has 0 aliphatic carbocycles. The molecule has 6 nitrogen and oxygen atoms in total. The fourth-order valence-corrected chi connectivity index (χ4v) is 3.77. The summed E-state index contributed by atoms with van der Waals surface area (Å²) in [5.41, 5.74) is 2.26. The standard InChI is InChI=1S/C22H29ClN4O2.HI/c1-4-29-21-19(23)12-16(13-20(21)28-3)14-25-22(24-2)26-17-10-11-27(15-17)18-8-6-5-7-9-18;/h5-9,12-13,17H,4,10-11,14-15H2,1-3H3,(H2,24,25,26);1H. The number of guanidine groups is 1. The van der Waals surface area contributed by atoms with Crippen molar-refractivity contribution >= 4 is 47.2 Å². The van der Waals surface area contributed by atoms with E-state index in [1.165, 1.54) is 5.69 Å². The highest BCUT2D eigenvalue weighted by Crippen LogP contribution is 2.36. The lowest BCUT2D eigenvalue weighted by atomic mass is 10.2. The van der Waals surface area contributed by atoms with Gasteiger partial charge in [0.25, 0.3) is 0 Å². The number of para-hydroxylation sites is 1. The Morgan fingerprint density at radius 2 is 2.03 bits per heavy atom. The Hall–Kier alpha value is -1.87. The average molecular weight is 545 g/mol. The monoisotopic (exact) mass is 544 g/mol. The summed E-state index contributed by atoms with van der Waals surface area (Å²) in [5, 5.41) is 7.42. The number of halogens is 2. The maximum Gasteiger partial charge on any atom is 0.191 e. The van der Waals surface area contributed by atoms with E-state index in [4.69, 9.17) is 21.1 Å². The minimum absolute atomic E-state index is 0. The molecule has 0 spiro atoms. The van der Waals surface area contributed by atoms with Crippen LogP contribution in [0.4, 0.5) is 5.69 Å². The Bertz CT molecular complexity index is 835. The predicted molar refractivity (Wildman–Crippen MR) is 135 cm³/mol. The van der Waals surface area contributed by atoms with Crippen molar-refractivity contribution in [2.45, 2.75) is 25.9 Å². The SMILES string of the molecule is CCOc1c(Cl)cc(CNC(=NC)NC2CCN(c3ccccc3)C2)cc1OC.I. The van der Waals surface area contributed by atoms with Crippen molar-refractivity contribution in [3.63, 3.8) is 0 Å². The van der Waals surface area contributed by atoms with E-state index in [2.05, 4.69) is 44.8 Å². The first-order valence-electron chi connectivity index (χ1n) is 9.91. The van der Waals surface area contributed by atoms with Crippen molar-refractivity contribution in [1.82, 2.24) is 10.6 Å². The van der Waals surface area contributed by atoms with Crippen molar-refractivity contribution < 1.29 is 9.47 Å². The lowest BCUT2D eigenvalue weighted by Gasteiger charge is -2.20. The molecule has 1 aliphatic heterocycles. The van der Waals surface area contributed by atoms with E-state index in [0.717, 1.165) is 31.0 Å². The van der Waals surface area contributed by atoms with Gasteiger partial charge in [-0.15, -0.1) is 24.0 Å². The van der Waals surface area contributed by atoms with Crippen LogP contribution in [0.2, 0.25) is 5.02 Å². The zero-order chi connectivity index (χ0) is 20.6. The van der Waals surface area contributed by atoms with Gasteiger partial charge in [-0.05, 0) is 43.2 Å². The van der Waals surface area contributed by atoms with Gasteiger partial charge in [0.15, 0.2) is 17.5 Å². The summed E-state index contributed by atoms with van der Waals surface area (Å²) in [6, 6.07) is 14.7. The van der Waals surface area contributed by atoms with Crippen LogP contribution in [0.5, 0.6) is 11.5 Å². The average Bonchev–Trinajstić information content (AvgIpc) is 3.22. The van der Waals surface area contributed by atoms with Gasteiger partial charge in [0.05, 0.1) is 18.7 Å². The number of rotatable bonds is 7. The highest BCUT2D eigenvalue weighted by atomic mass is 127. The second-order valence-electron chi connectivity index (χ2n) is 6.88. The highest BCUT2D eigenvalue weighted by Gasteiger charge is 2.23. The smallest absolute Gasteiger partial charge is 0.191 e. The molecule has 8 heteroatoms. The van der Waals surface area contributed by atoms with Crippen LogP contribution in [0.1, 0.15) is 18.9 Å². The first-order valence-corrected chi connectivity index (χ1v) is 10.3.